The molecule has 4 nitrogen and oxygen atoms in total. The number of rotatable bonds is 3. The third-order valence-electron chi connectivity index (χ3n) is 3.31. The molecule has 0 saturated carbocycles. The zero-order chi connectivity index (χ0) is 12.1. The van der Waals surface area contributed by atoms with E-state index in [1.165, 1.54) is 0 Å². The van der Waals surface area contributed by atoms with Crippen LogP contribution in [0.2, 0.25) is 0 Å². The number of pyridine rings is 1. The summed E-state index contributed by atoms with van der Waals surface area (Å²) in [6.45, 7) is 5.44. The van der Waals surface area contributed by atoms with Crippen LogP contribution >= 0.6 is 0 Å². The SMILES string of the molecule is CCN1CCC(NC(=O)c2ccncc2)CC1. The first-order valence-corrected chi connectivity index (χ1v) is 6.23. The molecule has 2 rings (SSSR count). The molecule has 1 aromatic rings. The first kappa shape index (κ1) is 12.0. The fourth-order valence-corrected chi connectivity index (χ4v) is 2.17. The standard InChI is InChI=1S/C13H19N3O/c1-2-16-9-5-12(6-10-16)15-13(17)11-3-7-14-8-4-11/h3-4,7-8,12H,2,5-6,9-10H2,1H3,(H,15,17). The van der Waals surface area contributed by atoms with Crippen molar-refractivity contribution in [2.24, 2.45) is 0 Å². The Balaban J connectivity index is 1.84. The molecule has 1 aliphatic heterocycles. The third kappa shape index (κ3) is 3.27. The highest BCUT2D eigenvalue weighted by atomic mass is 16.1. The summed E-state index contributed by atoms with van der Waals surface area (Å²) in [5.41, 5.74) is 0.693. The molecule has 1 amide bonds. The van der Waals surface area contributed by atoms with Crippen molar-refractivity contribution >= 4 is 5.91 Å². The van der Waals surface area contributed by atoms with Crippen LogP contribution in [0, 0.1) is 0 Å². The van der Waals surface area contributed by atoms with Gasteiger partial charge in [0, 0.05) is 37.1 Å². The minimum absolute atomic E-state index is 0.0161. The van der Waals surface area contributed by atoms with E-state index >= 15 is 0 Å². The van der Waals surface area contributed by atoms with E-state index in [9.17, 15) is 4.79 Å². The Morgan fingerprint density at radius 2 is 2.06 bits per heavy atom. The number of carbonyl (C=O) groups excluding carboxylic acids is 1. The number of likely N-dealkylation sites (tertiary alicyclic amines) is 1. The maximum atomic E-state index is 11.9. The molecule has 1 saturated heterocycles. The van der Waals surface area contributed by atoms with Crippen molar-refractivity contribution in [2.75, 3.05) is 19.6 Å². The topological polar surface area (TPSA) is 45.2 Å². The molecule has 1 aliphatic rings. The maximum Gasteiger partial charge on any atom is 0.251 e. The van der Waals surface area contributed by atoms with Crippen molar-refractivity contribution in [3.05, 3.63) is 30.1 Å². The van der Waals surface area contributed by atoms with E-state index in [0.29, 0.717) is 11.6 Å². The highest BCUT2D eigenvalue weighted by Crippen LogP contribution is 2.10. The number of nitrogens with zero attached hydrogens (tertiary/aromatic N) is 2. The molecule has 4 heteroatoms. The van der Waals surface area contributed by atoms with Gasteiger partial charge in [-0.2, -0.15) is 0 Å². The van der Waals surface area contributed by atoms with Crippen molar-refractivity contribution in [1.82, 2.24) is 15.2 Å². The van der Waals surface area contributed by atoms with Crippen molar-refractivity contribution in [3.8, 4) is 0 Å². The predicted molar refractivity (Wildman–Crippen MR) is 66.8 cm³/mol. The van der Waals surface area contributed by atoms with Gasteiger partial charge in [-0.05, 0) is 31.5 Å². The first-order valence-electron chi connectivity index (χ1n) is 6.23. The lowest BCUT2D eigenvalue weighted by Gasteiger charge is -2.31. The van der Waals surface area contributed by atoms with Crippen LogP contribution in [0.15, 0.2) is 24.5 Å². The molecule has 1 aromatic heterocycles. The van der Waals surface area contributed by atoms with Crippen LogP contribution in [0.5, 0.6) is 0 Å². The second-order valence-corrected chi connectivity index (χ2v) is 4.42. The summed E-state index contributed by atoms with van der Waals surface area (Å²) in [5, 5.41) is 3.09. The summed E-state index contributed by atoms with van der Waals surface area (Å²) in [6, 6.07) is 3.81. The number of hydrogen-bond donors (Lipinski definition) is 1. The lowest BCUT2D eigenvalue weighted by atomic mass is 10.0. The van der Waals surface area contributed by atoms with E-state index in [1.807, 2.05) is 0 Å². The second kappa shape index (κ2) is 5.77. The number of hydrogen-bond acceptors (Lipinski definition) is 3. The van der Waals surface area contributed by atoms with E-state index in [0.717, 1.165) is 32.5 Å². The first-order chi connectivity index (χ1) is 8.29. The van der Waals surface area contributed by atoms with Crippen molar-refractivity contribution in [2.45, 2.75) is 25.8 Å². The van der Waals surface area contributed by atoms with Crippen LogP contribution < -0.4 is 5.32 Å². The highest BCUT2D eigenvalue weighted by Gasteiger charge is 2.19. The van der Waals surface area contributed by atoms with E-state index in [-0.39, 0.29) is 5.91 Å². The zero-order valence-electron chi connectivity index (χ0n) is 10.2. The molecule has 0 unspecified atom stereocenters. The molecule has 2 heterocycles. The van der Waals surface area contributed by atoms with Gasteiger partial charge in [0.2, 0.25) is 0 Å². The van der Waals surface area contributed by atoms with Gasteiger partial charge in [0.05, 0.1) is 0 Å². The Labute approximate surface area is 102 Å². The van der Waals surface area contributed by atoms with Gasteiger partial charge in [-0.25, -0.2) is 0 Å². The zero-order valence-corrected chi connectivity index (χ0v) is 10.2. The van der Waals surface area contributed by atoms with Crippen molar-refractivity contribution in [1.29, 1.82) is 0 Å². The second-order valence-electron chi connectivity index (χ2n) is 4.42. The van der Waals surface area contributed by atoms with Gasteiger partial charge in [-0.1, -0.05) is 6.92 Å². The highest BCUT2D eigenvalue weighted by molar-refractivity contribution is 5.94. The van der Waals surface area contributed by atoms with Crippen LogP contribution in [0.1, 0.15) is 30.1 Å². The van der Waals surface area contributed by atoms with Gasteiger partial charge in [-0.15, -0.1) is 0 Å². The lowest BCUT2D eigenvalue weighted by Crippen LogP contribution is -2.44. The molecule has 1 N–H and O–H groups in total. The molecule has 0 aromatic carbocycles. The average Bonchev–Trinajstić information content (AvgIpc) is 2.40. The molecule has 1 fully saturated rings. The minimum atomic E-state index is 0.0161. The van der Waals surface area contributed by atoms with E-state index in [4.69, 9.17) is 0 Å². The van der Waals surface area contributed by atoms with E-state index in [1.54, 1.807) is 24.5 Å². The lowest BCUT2D eigenvalue weighted by molar-refractivity contribution is 0.0912. The van der Waals surface area contributed by atoms with Crippen LogP contribution in [-0.2, 0) is 0 Å². The summed E-state index contributed by atoms with van der Waals surface area (Å²) in [6.07, 6.45) is 5.39. The predicted octanol–water partition coefficient (Wildman–Crippen LogP) is 1.30. The molecule has 0 aliphatic carbocycles. The van der Waals surface area contributed by atoms with Gasteiger partial charge < -0.3 is 10.2 Å². The fraction of sp³-hybridized carbons (Fsp3) is 0.538. The van der Waals surface area contributed by atoms with Crippen LogP contribution in [0.25, 0.3) is 0 Å². The molecule has 0 bridgehead atoms. The number of piperidine rings is 1. The van der Waals surface area contributed by atoms with Gasteiger partial charge in [0.1, 0.15) is 0 Å². The number of aromatic nitrogens is 1. The van der Waals surface area contributed by atoms with Gasteiger partial charge in [0.15, 0.2) is 0 Å². The van der Waals surface area contributed by atoms with E-state index < -0.39 is 0 Å². The molecule has 17 heavy (non-hydrogen) atoms. The monoisotopic (exact) mass is 233 g/mol. The molecule has 0 spiro atoms. The Hall–Kier alpha value is -1.42. The Morgan fingerprint density at radius 3 is 2.65 bits per heavy atom. The third-order valence-corrected chi connectivity index (χ3v) is 3.31. The molecule has 0 radical (unpaired) electrons. The summed E-state index contributed by atoms with van der Waals surface area (Å²) in [5.74, 6) is 0.0161. The quantitative estimate of drug-likeness (QED) is 0.855. The summed E-state index contributed by atoms with van der Waals surface area (Å²) >= 11 is 0. The Bertz CT molecular complexity index is 358. The number of amides is 1. The smallest absolute Gasteiger partial charge is 0.251 e. The Morgan fingerprint density at radius 1 is 1.41 bits per heavy atom. The molecular formula is C13H19N3O. The van der Waals surface area contributed by atoms with Crippen LogP contribution in [0.3, 0.4) is 0 Å². The summed E-state index contributed by atoms with van der Waals surface area (Å²) in [4.78, 5) is 18.2. The van der Waals surface area contributed by atoms with Gasteiger partial charge in [0.25, 0.3) is 5.91 Å². The normalized spacial score (nSPS) is 17.9. The van der Waals surface area contributed by atoms with Crippen molar-refractivity contribution < 1.29 is 4.79 Å². The van der Waals surface area contributed by atoms with E-state index in [2.05, 4.69) is 22.1 Å². The van der Waals surface area contributed by atoms with Gasteiger partial charge in [-0.3, -0.25) is 9.78 Å². The minimum Gasteiger partial charge on any atom is -0.349 e. The van der Waals surface area contributed by atoms with Gasteiger partial charge >= 0.3 is 0 Å². The van der Waals surface area contributed by atoms with Crippen LogP contribution in [-0.4, -0.2) is 41.5 Å². The molecule has 0 atom stereocenters. The Kier molecular flexibility index (Phi) is 4.09. The molecule has 92 valence electrons. The summed E-state index contributed by atoms with van der Waals surface area (Å²) in [7, 11) is 0. The van der Waals surface area contributed by atoms with Crippen LogP contribution in [0.4, 0.5) is 0 Å². The average molecular weight is 233 g/mol. The molecular weight excluding hydrogens is 214 g/mol. The van der Waals surface area contributed by atoms with Crippen molar-refractivity contribution in [3.63, 3.8) is 0 Å². The largest absolute Gasteiger partial charge is 0.349 e. The maximum absolute atomic E-state index is 11.9. The number of nitrogens with one attached hydrogen (secondary N) is 1. The number of carbonyl (C=O) groups is 1. The fourth-order valence-electron chi connectivity index (χ4n) is 2.17. The summed E-state index contributed by atoms with van der Waals surface area (Å²) < 4.78 is 0.